The Balaban J connectivity index is 0.836. The molecule has 0 saturated heterocycles. The Morgan fingerprint density at radius 1 is 0.293 bits per heavy atom. The maximum atomic E-state index is 7.12. The number of rotatable bonds is 8. The molecule has 4 heterocycles. The summed E-state index contributed by atoms with van der Waals surface area (Å²) < 4.78 is 27.3. The van der Waals surface area contributed by atoms with Crippen molar-refractivity contribution in [3.05, 3.63) is 216 Å². The molecule has 4 aromatic heterocycles. The predicted octanol–water partition coefficient (Wildman–Crippen LogP) is 23.4. The predicted molar refractivity (Wildman–Crippen MR) is 346 cm³/mol. The molecule has 0 saturated carbocycles. The van der Waals surface area contributed by atoms with Crippen LogP contribution in [0.1, 0.15) is 103 Å². The van der Waals surface area contributed by atoms with Crippen molar-refractivity contribution >= 4 is 143 Å². The van der Waals surface area contributed by atoms with Crippen LogP contribution in [-0.2, 0) is 10.8 Å². The van der Waals surface area contributed by atoms with Gasteiger partial charge in [0.25, 0.3) is 0 Å². The van der Waals surface area contributed by atoms with E-state index in [0.717, 1.165) is 143 Å². The van der Waals surface area contributed by atoms with Crippen LogP contribution in [0.5, 0.6) is 0 Å². The summed E-state index contributed by atoms with van der Waals surface area (Å²) in [5, 5.41) is 12.8. The van der Waals surface area contributed by atoms with Crippen molar-refractivity contribution in [1.29, 1.82) is 0 Å². The molecule has 0 fully saturated rings. The highest BCUT2D eigenvalue weighted by Gasteiger charge is 2.26. The van der Waals surface area contributed by atoms with Crippen molar-refractivity contribution in [2.75, 3.05) is 9.80 Å². The summed E-state index contributed by atoms with van der Waals surface area (Å²) in [6, 6.07) is 70.8. The van der Waals surface area contributed by atoms with Crippen molar-refractivity contribution in [2.24, 2.45) is 0 Å². The Hall–Kier alpha value is -9.26. The lowest BCUT2D eigenvalue weighted by atomic mass is 9.86. The Morgan fingerprint density at radius 2 is 0.659 bits per heavy atom. The first kappa shape index (κ1) is 49.8. The number of benzene rings is 11. The fourth-order valence-electron chi connectivity index (χ4n) is 12.9. The van der Waals surface area contributed by atoms with E-state index in [4.69, 9.17) is 17.7 Å². The van der Waals surface area contributed by atoms with E-state index < -0.39 is 0 Å². The summed E-state index contributed by atoms with van der Waals surface area (Å²) in [5.74, 6) is 0.842. The second-order valence-corrected chi connectivity index (χ2v) is 25.3. The average Bonchev–Trinajstić information content (AvgIpc) is 2.28. The van der Waals surface area contributed by atoms with Crippen LogP contribution in [0, 0.1) is 0 Å². The highest BCUT2D eigenvalue weighted by atomic mass is 16.3. The second kappa shape index (κ2) is 18.1. The third-order valence-corrected chi connectivity index (χ3v) is 17.2. The van der Waals surface area contributed by atoms with Crippen LogP contribution >= 0.6 is 0 Å². The normalized spacial score (nSPS) is 12.7. The van der Waals surface area contributed by atoms with E-state index >= 15 is 0 Å². The van der Waals surface area contributed by atoms with Crippen LogP contribution in [-0.4, -0.2) is 0 Å². The van der Waals surface area contributed by atoms with E-state index in [1.165, 1.54) is 22.3 Å². The zero-order chi connectivity index (χ0) is 56.1. The van der Waals surface area contributed by atoms with Crippen molar-refractivity contribution in [2.45, 2.75) is 91.9 Å². The van der Waals surface area contributed by atoms with Gasteiger partial charge >= 0.3 is 0 Å². The monoisotopic (exact) mass is 1070 g/mol. The van der Waals surface area contributed by atoms with Gasteiger partial charge in [-0.05, 0) is 166 Å². The van der Waals surface area contributed by atoms with Gasteiger partial charge < -0.3 is 27.5 Å². The first-order chi connectivity index (χ1) is 39.5. The highest BCUT2D eigenvalue weighted by Crippen LogP contribution is 2.48. The fraction of sp³-hybridized carbons (Fsp3) is 0.184. The number of furan rings is 4. The maximum Gasteiger partial charge on any atom is 0.147 e. The number of fused-ring (bicyclic) bond motifs is 17. The maximum absolute atomic E-state index is 7.12. The number of para-hydroxylation sites is 2. The highest BCUT2D eigenvalue weighted by molar-refractivity contribution is 6.27. The topological polar surface area (TPSA) is 59.0 Å². The summed E-state index contributed by atoms with van der Waals surface area (Å²) in [4.78, 5) is 4.72. The first-order valence-corrected chi connectivity index (χ1v) is 28.9. The van der Waals surface area contributed by atoms with Gasteiger partial charge in [-0.2, -0.15) is 0 Å². The zero-order valence-corrected chi connectivity index (χ0v) is 48.2. The van der Waals surface area contributed by atoms with Gasteiger partial charge in [-0.3, -0.25) is 0 Å². The minimum atomic E-state index is -0.0614. The van der Waals surface area contributed by atoms with E-state index in [9.17, 15) is 0 Å². The molecule has 0 aliphatic heterocycles. The first-order valence-electron chi connectivity index (χ1n) is 28.9. The molecule has 6 heteroatoms. The smallest absolute Gasteiger partial charge is 0.147 e. The van der Waals surface area contributed by atoms with Gasteiger partial charge in [0.15, 0.2) is 0 Å². The van der Waals surface area contributed by atoms with Crippen LogP contribution in [0.2, 0.25) is 0 Å². The molecule has 15 rings (SSSR count). The number of hydrogen-bond acceptors (Lipinski definition) is 6. The van der Waals surface area contributed by atoms with Gasteiger partial charge in [-0.15, -0.1) is 0 Å². The summed E-state index contributed by atoms with van der Waals surface area (Å²) in [6.45, 7) is 22.4. The second-order valence-electron chi connectivity index (χ2n) is 25.3. The largest absolute Gasteiger partial charge is 0.456 e. The van der Waals surface area contributed by atoms with Crippen molar-refractivity contribution in [1.82, 2.24) is 0 Å². The molecule has 0 aliphatic rings. The standard InChI is InChI=1S/C76H64N2O4/c1-43(2)45-17-23-49(24-18-45)77(53-29-36-66-62(41-53)57-13-11-15-64(72(57)79-66)75(5,6)7)51-27-33-55-47(39-51)21-31-59-60-35-38-68-69(74(60)82-70(55)59)61-32-22-48-40-52(28-34-56(48)71(61)81-68)78(50-25-19-46(20-26-50)44(3)4)54-30-37-67-63(42-54)58-14-12-16-65(73(58)80-67)76(8,9)10/h11-44H,1-10H3. The molecule has 402 valence electrons. The Kier molecular flexibility index (Phi) is 11.0. The summed E-state index contributed by atoms with van der Waals surface area (Å²) in [7, 11) is 0. The van der Waals surface area contributed by atoms with Gasteiger partial charge in [0.2, 0.25) is 0 Å². The van der Waals surface area contributed by atoms with Gasteiger partial charge in [0, 0.05) is 93.7 Å². The number of hydrogen-bond donors (Lipinski definition) is 0. The molecule has 6 nitrogen and oxygen atoms in total. The van der Waals surface area contributed by atoms with Gasteiger partial charge in [0.1, 0.15) is 44.7 Å². The third-order valence-electron chi connectivity index (χ3n) is 17.2. The van der Waals surface area contributed by atoms with Crippen LogP contribution < -0.4 is 9.80 Å². The molecule has 15 aromatic rings. The summed E-state index contributed by atoms with van der Waals surface area (Å²) in [6.07, 6.45) is 0. The molecule has 0 amide bonds. The van der Waals surface area contributed by atoms with Crippen LogP contribution in [0.25, 0.3) is 109 Å². The molecule has 0 unspecified atom stereocenters. The average molecular weight is 1070 g/mol. The summed E-state index contributed by atoms with van der Waals surface area (Å²) in [5.41, 5.74) is 18.3. The van der Waals surface area contributed by atoms with Gasteiger partial charge in [0.05, 0.1) is 5.39 Å². The van der Waals surface area contributed by atoms with Crippen LogP contribution in [0.15, 0.2) is 212 Å². The summed E-state index contributed by atoms with van der Waals surface area (Å²) >= 11 is 0. The Labute approximate surface area is 476 Å². The number of anilines is 6. The van der Waals surface area contributed by atoms with Crippen LogP contribution in [0.3, 0.4) is 0 Å². The van der Waals surface area contributed by atoms with E-state index in [2.05, 4.69) is 273 Å². The van der Waals surface area contributed by atoms with E-state index in [-0.39, 0.29) is 10.8 Å². The lowest BCUT2D eigenvalue weighted by Gasteiger charge is -2.26. The van der Waals surface area contributed by atoms with Crippen molar-refractivity contribution < 1.29 is 17.7 Å². The molecule has 0 N–H and O–H groups in total. The molecular weight excluding hydrogens is 1000 g/mol. The quantitative estimate of drug-likeness (QED) is 0.151. The molecule has 0 bridgehead atoms. The Bertz CT molecular complexity index is 5070. The molecule has 0 atom stereocenters. The minimum absolute atomic E-state index is 0.0612. The molecule has 82 heavy (non-hydrogen) atoms. The van der Waals surface area contributed by atoms with Gasteiger partial charge in [-0.25, -0.2) is 0 Å². The zero-order valence-electron chi connectivity index (χ0n) is 48.2. The fourth-order valence-corrected chi connectivity index (χ4v) is 12.9. The van der Waals surface area contributed by atoms with Crippen molar-refractivity contribution in [3.8, 4) is 0 Å². The lowest BCUT2D eigenvalue weighted by Crippen LogP contribution is -2.11. The third kappa shape index (κ3) is 7.82. The van der Waals surface area contributed by atoms with Crippen molar-refractivity contribution in [3.63, 3.8) is 0 Å². The molecule has 0 radical (unpaired) electrons. The molecular formula is C76H64N2O4. The van der Waals surface area contributed by atoms with E-state index in [0.29, 0.717) is 11.8 Å². The SMILES string of the molecule is CC(C)c1ccc(N(c2ccc3c(ccc4c5ccc6oc7c8ccc(N(c9ccc(C(C)C)cc9)c9ccc%10oc%11c(C(C)(C)C)cccc%11c%10c9)cc8ccc7c6c5oc34)c2)c2ccc3oc4c(C(C)(C)C)cccc4c3c2)cc1. The van der Waals surface area contributed by atoms with Gasteiger partial charge in [-0.1, -0.05) is 142 Å². The molecule has 0 aliphatic carbocycles. The molecule has 11 aromatic carbocycles. The minimum Gasteiger partial charge on any atom is -0.456 e. The number of nitrogens with zero attached hydrogens (tertiary/aromatic N) is 2. The molecule has 0 spiro atoms. The van der Waals surface area contributed by atoms with Crippen LogP contribution in [0.4, 0.5) is 34.1 Å². The Morgan fingerprint density at radius 3 is 1.13 bits per heavy atom. The van der Waals surface area contributed by atoms with E-state index in [1.54, 1.807) is 0 Å². The van der Waals surface area contributed by atoms with E-state index in [1.807, 2.05) is 0 Å². The lowest BCUT2D eigenvalue weighted by molar-refractivity contribution is 0.572.